The predicted molar refractivity (Wildman–Crippen MR) is 166 cm³/mol. The predicted octanol–water partition coefficient (Wildman–Crippen LogP) is 7.67. The molecule has 0 fully saturated rings. The molecule has 0 rings (SSSR count). The highest BCUT2D eigenvalue weighted by Gasteiger charge is 2.10. The fourth-order valence-electron chi connectivity index (χ4n) is 3.56. The Morgan fingerprint density at radius 3 is 1.10 bits per heavy atom. The number of allylic oxidation sites excluding steroid dienone is 6. The average Bonchev–Trinajstić information content (AvgIpc) is 2.91. The maximum absolute atomic E-state index is 11.8. The van der Waals surface area contributed by atoms with Crippen LogP contribution in [0.2, 0.25) is 0 Å². The van der Waals surface area contributed by atoms with Crippen molar-refractivity contribution in [2.75, 3.05) is 26.4 Å². The lowest BCUT2D eigenvalue weighted by atomic mass is 10.1. The van der Waals surface area contributed by atoms with Gasteiger partial charge in [0.05, 0.1) is 38.9 Å². The van der Waals surface area contributed by atoms with Gasteiger partial charge < -0.3 is 18.9 Å². The van der Waals surface area contributed by atoms with Gasteiger partial charge in [-0.15, -0.1) is 0 Å². The van der Waals surface area contributed by atoms with Gasteiger partial charge in [0, 0.05) is 0 Å². The van der Waals surface area contributed by atoms with E-state index in [4.69, 9.17) is 18.9 Å². The van der Waals surface area contributed by atoms with Crippen molar-refractivity contribution in [3.63, 3.8) is 0 Å². The summed E-state index contributed by atoms with van der Waals surface area (Å²) in [5, 5.41) is 0. The van der Waals surface area contributed by atoms with Crippen molar-refractivity contribution < 1.29 is 38.1 Å². The summed E-state index contributed by atoms with van der Waals surface area (Å²) >= 11 is 0. The van der Waals surface area contributed by atoms with Crippen molar-refractivity contribution >= 4 is 23.9 Å². The summed E-state index contributed by atoms with van der Waals surface area (Å²) in [6.07, 6.45) is 14.9. The molecule has 0 aromatic rings. The number of rotatable bonds is 23. The lowest BCUT2D eigenvalue weighted by Crippen LogP contribution is -2.11. The zero-order valence-corrected chi connectivity index (χ0v) is 26.9. The maximum Gasteiger partial charge on any atom is 0.306 e. The minimum atomic E-state index is -0.418. The second-order valence-electron chi connectivity index (χ2n) is 11.0. The fraction of sp³-hybridized carbons (Fsp3) is 0.647. The molecule has 0 spiro atoms. The highest BCUT2D eigenvalue weighted by Crippen LogP contribution is 2.08. The van der Waals surface area contributed by atoms with Gasteiger partial charge in [0.2, 0.25) is 0 Å². The van der Waals surface area contributed by atoms with Crippen LogP contribution in [0.15, 0.2) is 46.6 Å². The van der Waals surface area contributed by atoms with Crippen LogP contribution >= 0.6 is 0 Å². The van der Waals surface area contributed by atoms with Crippen LogP contribution in [0.3, 0.4) is 0 Å². The van der Waals surface area contributed by atoms with E-state index in [0.717, 1.165) is 49.7 Å². The molecular formula is C34H54O8. The van der Waals surface area contributed by atoms with Crippen LogP contribution in [0, 0.1) is 0 Å². The van der Waals surface area contributed by atoms with Gasteiger partial charge in [0.25, 0.3) is 0 Å². The highest BCUT2D eigenvalue weighted by atomic mass is 16.5. The van der Waals surface area contributed by atoms with E-state index < -0.39 is 23.9 Å². The third-order valence-electron chi connectivity index (χ3n) is 6.17. The van der Waals surface area contributed by atoms with Gasteiger partial charge in [0.15, 0.2) is 0 Å². The van der Waals surface area contributed by atoms with E-state index in [2.05, 4.69) is 39.8 Å². The molecule has 0 aromatic carbocycles. The summed E-state index contributed by atoms with van der Waals surface area (Å²) < 4.78 is 20.6. The molecular weight excluding hydrogens is 536 g/mol. The lowest BCUT2D eigenvalue weighted by molar-refractivity contribution is -0.150. The van der Waals surface area contributed by atoms with Crippen molar-refractivity contribution in [1.82, 2.24) is 0 Å². The minimum Gasteiger partial charge on any atom is -0.466 e. The van der Waals surface area contributed by atoms with Crippen molar-refractivity contribution in [2.45, 2.75) is 119 Å². The van der Waals surface area contributed by atoms with Crippen LogP contribution in [0.5, 0.6) is 0 Å². The number of carbonyl (C=O) groups is 4. The molecule has 8 nitrogen and oxygen atoms in total. The summed E-state index contributed by atoms with van der Waals surface area (Å²) in [6, 6.07) is 0. The van der Waals surface area contributed by atoms with E-state index in [0.29, 0.717) is 12.8 Å². The fourth-order valence-corrected chi connectivity index (χ4v) is 3.56. The first-order chi connectivity index (χ1) is 20.0. The molecule has 0 atom stereocenters. The van der Waals surface area contributed by atoms with Gasteiger partial charge in [-0.2, -0.15) is 0 Å². The van der Waals surface area contributed by atoms with Crippen LogP contribution in [0.1, 0.15) is 119 Å². The molecule has 0 aliphatic rings. The van der Waals surface area contributed by atoms with E-state index in [1.807, 2.05) is 26.0 Å². The van der Waals surface area contributed by atoms with Crippen molar-refractivity contribution in [1.29, 1.82) is 0 Å². The monoisotopic (exact) mass is 590 g/mol. The van der Waals surface area contributed by atoms with E-state index in [-0.39, 0.29) is 52.1 Å². The normalized spacial score (nSPS) is 11.4. The molecule has 0 saturated carbocycles. The van der Waals surface area contributed by atoms with Gasteiger partial charge in [-0.05, 0) is 105 Å². The Balaban J connectivity index is 3.72. The molecule has 0 amide bonds. The third kappa shape index (κ3) is 27.0. The summed E-state index contributed by atoms with van der Waals surface area (Å²) in [5.74, 6) is -1.67. The number of ether oxygens (including phenoxy) is 4. The quantitative estimate of drug-likeness (QED) is 0.0517. The Morgan fingerprint density at radius 2 is 0.762 bits per heavy atom. The zero-order valence-electron chi connectivity index (χ0n) is 26.9. The van der Waals surface area contributed by atoms with E-state index >= 15 is 0 Å². The molecule has 0 bridgehead atoms. The van der Waals surface area contributed by atoms with Gasteiger partial charge in [-0.1, -0.05) is 34.4 Å². The first-order valence-electron chi connectivity index (χ1n) is 15.2. The molecule has 0 saturated heterocycles. The molecule has 0 heterocycles. The molecule has 0 unspecified atom stereocenters. The largest absolute Gasteiger partial charge is 0.466 e. The van der Waals surface area contributed by atoms with E-state index in [9.17, 15) is 19.2 Å². The molecule has 238 valence electrons. The summed E-state index contributed by atoms with van der Waals surface area (Å²) in [6.45, 7) is 13.3. The highest BCUT2D eigenvalue weighted by molar-refractivity contribution is 5.78. The molecule has 0 aromatic heterocycles. The van der Waals surface area contributed by atoms with Crippen LogP contribution in [0.4, 0.5) is 0 Å². The SMILES string of the molecule is CC(C)=CCC/C(C)=C/COC(=O)CCC(=O)OCCCCCCOC(=O)CCC(=O)OC/C=C(\C)CCC=C(C)C. The first kappa shape index (κ1) is 38.8. The molecule has 0 N–H and O–H groups in total. The Hall–Kier alpha value is -3.16. The number of hydrogen-bond acceptors (Lipinski definition) is 8. The first-order valence-corrected chi connectivity index (χ1v) is 15.2. The number of carbonyl (C=O) groups excluding carboxylic acids is 4. The van der Waals surface area contributed by atoms with Gasteiger partial charge in [-0.3, -0.25) is 19.2 Å². The Labute approximate surface area is 253 Å². The van der Waals surface area contributed by atoms with E-state index in [1.54, 1.807) is 0 Å². The van der Waals surface area contributed by atoms with Crippen LogP contribution in [0.25, 0.3) is 0 Å². The maximum atomic E-state index is 11.8. The molecule has 0 aliphatic carbocycles. The molecule has 0 radical (unpaired) electrons. The second-order valence-corrected chi connectivity index (χ2v) is 11.0. The number of esters is 4. The van der Waals surface area contributed by atoms with Gasteiger partial charge in [0.1, 0.15) is 13.2 Å². The number of hydrogen-bond donors (Lipinski definition) is 0. The zero-order chi connectivity index (χ0) is 31.6. The third-order valence-corrected chi connectivity index (χ3v) is 6.17. The summed E-state index contributed by atoms with van der Waals surface area (Å²) in [7, 11) is 0. The topological polar surface area (TPSA) is 105 Å². The number of unbranched alkanes of at least 4 members (excludes halogenated alkanes) is 3. The van der Waals surface area contributed by atoms with Crippen molar-refractivity contribution in [3.05, 3.63) is 46.6 Å². The Bertz CT molecular complexity index is 855. The Kier molecular flexibility index (Phi) is 23.6. The van der Waals surface area contributed by atoms with Crippen molar-refractivity contribution in [3.8, 4) is 0 Å². The van der Waals surface area contributed by atoms with Crippen LogP contribution in [-0.2, 0) is 38.1 Å². The molecule has 0 aliphatic heterocycles. The van der Waals surface area contributed by atoms with Crippen LogP contribution in [-0.4, -0.2) is 50.3 Å². The summed E-state index contributed by atoms with van der Waals surface area (Å²) in [5.41, 5.74) is 4.90. The summed E-state index contributed by atoms with van der Waals surface area (Å²) in [4.78, 5) is 47.3. The average molecular weight is 591 g/mol. The Morgan fingerprint density at radius 1 is 0.429 bits per heavy atom. The van der Waals surface area contributed by atoms with Crippen molar-refractivity contribution in [2.24, 2.45) is 0 Å². The van der Waals surface area contributed by atoms with Crippen LogP contribution < -0.4 is 0 Å². The van der Waals surface area contributed by atoms with E-state index in [1.165, 1.54) is 11.1 Å². The van der Waals surface area contributed by atoms with Gasteiger partial charge in [-0.25, -0.2) is 0 Å². The van der Waals surface area contributed by atoms with Gasteiger partial charge >= 0.3 is 23.9 Å². The molecule has 8 heteroatoms. The smallest absolute Gasteiger partial charge is 0.306 e. The molecule has 42 heavy (non-hydrogen) atoms. The second kappa shape index (κ2) is 25.5. The standard InChI is InChI=1S/C34H54O8/c1-27(2)13-11-15-29(5)21-25-41-33(37)19-17-31(35)39-23-9-7-8-10-24-40-32(36)18-20-34(38)42-26-22-30(6)16-12-14-28(3)4/h13-14,21-22H,7-12,15-20,23-26H2,1-6H3/b29-21+,30-22+. The lowest BCUT2D eigenvalue weighted by Gasteiger charge is -2.07. The minimum absolute atomic E-state index is 0.000186.